The third-order valence-electron chi connectivity index (χ3n) is 8.68. The standard InChI is InChI=1S/C31H35FN4O2/c32-27-5-3-4-26(16-27)31(22-34,17-30(37)38-29-6-1-2-7-29)25-12-14-35(15-13-25)19-24-20-36(21-24)28-10-8-23(18-33)9-11-28/h3-5,8-11,16,24-25,29H,1-2,6-7,12-15,17,19-21H2/t31-/m0/s1. The third kappa shape index (κ3) is 5.69. The summed E-state index contributed by atoms with van der Waals surface area (Å²) in [5, 5.41) is 19.5. The number of nitriles is 2. The van der Waals surface area contributed by atoms with Crippen LogP contribution in [0.15, 0.2) is 48.5 Å². The van der Waals surface area contributed by atoms with E-state index in [1.165, 1.54) is 12.1 Å². The molecule has 2 aromatic rings. The minimum Gasteiger partial charge on any atom is -0.462 e. The molecule has 0 aromatic heterocycles. The number of ether oxygens (including phenoxy) is 1. The first-order valence-electron chi connectivity index (χ1n) is 13.8. The minimum absolute atomic E-state index is 0.0315. The van der Waals surface area contributed by atoms with Crippen molar-refractivity contribution in [1.82, 2.24) is 4.90 Å². The average Bonchev–Trinajstić information content (AvgIpc) is 3.42. The normalized spacial score (nSPS) is 20.8. The van der Waals surface area contributed by atoms with Crippen LogP contribution in [-0.2, 0) is 14.9 Å². The quantitative estimate of drug-likeness (QED) is 0.452. The molecular formula is C31H35FN4O2. The Kier molecular flexibility index (Phi) is 7.95. The van der Waals surface area contributed by atoms with E-state index in [9.17, 15) is 14.4 Å². The second-order valence-electron chi connectivity index (χ2n) is 11.2. The summed E-state index contributed by atoms with van der Waals surface area (Å²) >= 11 is 0. The molecule has 5 rings (SSSR count). The molecule has 1 saturated carbocycles. The topological polar surface area (TPSA) is 80.4 Å². The van der Waals surface area contributed by atoms with Gasteiger partial charge in [-0.1, -0.05) is 12.1 Å². The number of esters is 1. The Morgan fingerprint density at radius 2 is 1.74 bits per heavy atom. The van der Waals surface area contributed by atoms with E-state index in [0.29, 0.717) is 17.0 Å². The maximum Gasteiger partial charge on any atom is 0.308 e. The van der Waals surface area contributed by atoms with Crippen LogP contribution in [0, 0.1) is 40.3 Å². The van der Waals surface area contributed by atoms with Crippen LogP contribution in [0.1, 0.15) is 56.1 Å². The molecular weight excluding hydrogens is 479 g/mol. The lowest BCUT2D eigenvalue weighted by atomic mass is 9.65. The van der Waals surface area contributed by atoms with Crippen LogP contribution in [0.4, 0.5) is 10.1 Å². The van der Waals surface area contributed by atoms with E-state index in [1.54, 1.807) is 12.1 Å². The number of halogens is 1. The molecule has 0 N–H and O–H groups in total. The number of piperidine rings is 1. The van der Waals surface area contributed by atoms with Crippen molar-refractivity contribution in [1.29, 1.82) is 10.5 Å². The molecule has 198 valence electrons. The van der Waals surface area contributed by atoms with Gasteiger partial charge in [0.1, 0.15) is 11.9 Å². The molecule has 0 spiro atoms. The second kappa shape index (κ2) is 11.5. The Hall–Kier alpha value is -3.42. The second-order valence-corrected chi connectivity index (χ2v) is 11.2. The molecule has 6 nitrogen and oxygen atoms in total. The van der Waals surface area contributed by atoms with Crippen LogP contribution in [-0.4, -0.2) is 49.7 Å². The predicted molar refractivity (Wildman–Crippen MR) is 143 cm³/mol. The van der Waals surface area contributed by atoms with Crippen molar-refractivity contribution in [2.24, 2.45) is 11.8 Å². The van der Waals surface area contributed by atoms with Gasteiger partial charge in [-0.05, 0) is 99.5 Å². The Labute approximate surface area is 224 Å². The van der Waals surface area contributed by atoms with Crippen molar-refractivity contribution in [3.05, 3.63) is 65.5 Å². The van der Waals surface area contributed by atoms with E-state index in [0.717, 1.165) is 76.9 Å². The number of benzene rings is 2. The Balaban J connectivity index is 1.20. The van der Waals surface area contributed by atoms with E-state index in [1.807, 2.05) is 24.3 Å². The van der Waals surface area contributed by atoms with E-state index in [-0.39, 0.29) is 30.2 Å². The predicted octanol–water partition coefficient (Wildman–Crippen LogP) is 5.18. The van der Waals surface area contributed by atoms with Crippen LogP contribution in [0.3, 0.4) is 0 Å². The monoisotopic (exact) mass is 514 g/mol. The molecule has 2 aliphatic heterocycles. The van der Waals surface area contributed by atoms with Gasteiger partial charge >= 0.3 is 5.97 Å². The number of rotatable bonds is 8. The van der Waals surface area contributed by atoms with Crippen LogP contribution < -0.4 is 4.90 Å². The number of anilines is 1. The molecule has 2 heterocycles. The summed E-state index contributed by atoms with van der Waals surface area (Å²) < 4.78 is 20.0. The molecule has 0 amide bonds. The van der Waals surface area contributed by atoms with Crippen molar-refractivity contribution in [2.45, 2.75) is 56.5 Å². The number of carbonyl (C=O) groups is 1. The molecule has 2 aromatic carbocycles. The smallest absolute Gasteiger partial charge is 0.308 e. The maximum atomic E-state index is 14.3. The van der Waals surface area contributed by atoms with Crippen LogP contribution in [0.2, 0.25) is 0 Å². The fourth-order valence-electron chi connectivity index (χ4n) is 6.52. The molecule has 0 unspecified atom stereocenters. The zero-order valence-corrected chi connectivity index (χ0v) is 21.8. The lowest BCUT2D eigenvalue weighted by molar-refractivity contribution is -0.150. The van der Waals surface area contributed by atoms with E-state index in [2.05, 4.69) is 21.9 Å². The summed E-state index contributed by atoms with van der Waals surface area (Å²) in [5.74, 6) is -0.200. The fraction of sp³-hybridized carbons (Fsp3) is 0.516. The summed E-state index contributed by atoms with van der Waals surface area (Å²) in [6.45, 7) is 4.69. The van der Waals surface area contributed by atoms with Gasteiger partial charge in [0.15, 0.2) is 0 Å². The van der Waals surface area contributed by atoms with Gasteiger partial charge in [0.2, 0.25) is 0 Å². The van der Waals surface area contributed by atoms with Gasteiger partial charge in [-0.2, -0.15) is 10.5 Å². The van der Waals surface area contributed by atoms with Gasteiger partial charge in [-0.3, -0.25) is 4.79 Å². The van der Waals surface area contributed by atoms with E-state index < -0.39 is 5.41 Å². The summed E-state index contributed by atoms with van der Waals surface area (Å²) in [4.78, 5) is 17.8. The van der Waals surface area contributed by atoms with Crippen molar-refractivity contribution in [3.63, 3.8) is 0 Å². The van der Waals surface area contributed by atoms with Gasteiger partial charge in [0.05, 0.1) is 29.5 Å². The highest BCUT2D eigenvalue weighted by atomic mass is 19.1. The first-order valence-corrected chi connectivity index (χ1v) is 13.8. The lowest BCUT2D eigenvalue weighted by Crippen LogP contribution is -2.53. The highest BCUT2D eigenvalue weighted by Crippen LogP contribution is 2.42. The summed E-state index contributed by atoms with van der Waals surface area (Å²) in [5.41, 5.74) is 1.32. The number of nitrogens with zero attached hydrogens (tertiary/aromatic N) is 4. The lowest BCUT2D eigenvalue weighted by Gasteiger charge is -2.46. The minimum atomic E-state index is -1.09. The molecule has 0 bridgehead atoms. The SMILES string of the molecule is N#Cc1ccc(N2CC(CN3CCC([C@@](C#N)(CC(=O)OC4CCCC4)c4cccc(F)c4)CC3)C2)cc1. The fourth-order valence-corrected chi connectivity index (χ4v) is 6.52. The summed E-state index contributed by atoms with van der Waals surface area (Å²) in [6, 6.07) is 18.6. The first-order chi connectivity index (χ1) is 18.5. The molecule has 7 heteroatoms. The number of hydrogen-bond acceptors (Lipinski definition) is 6. The van der Waals surface area contributed by atoms with Gasteiger partial charge in [0.25, 0.3) is 0 Å². The van der Waals surface area contributed by atoms with Crippen LogP contribution in [0.5, 0.6) is 0 Å². The van der Waals surface area contributed by atoms with E-state index >= 15 is 0 Å². The van der Waals surface area contributed by atoms with Gasteiger partial charge in [-0.15, -0.1) is 0 Å². The largest absolute Gasteiger partial charge is 0.462 e. The highest BCUT2D eigenvalue weighted by Gasteiger charge is 2.45. The van der Waals surface area contributed by atoms with Crippen molar-refractivity contribution >= 4 is 11.7 Å². The molecule has 2 saturated heterocycles. The number of hydrogen-bond donors (Lipinski definition) is 0. The molecule has 1 aliphatic carbocycles. The van der Waals surface area contributed by atoms with Crippen molar-refractivity contribution in [2.75, 3.05) is 37.6 Å². The third-order valence-corrected chi connectivity index (χ3v) is 8.68. The van der Waals surface area contributed by atoms with Gasteiger partial charge < -0.3 is 14.5 Å². The molecule has 3 aliphatic rings. The molecule has 1 atom stereocenters. The van der Waals surface area contributed by atoms with Crippen LogP contribution in [0.25, 0.3) is 0 Å². The van der Waals surface area contributed by atoms with Crippen molar-refractivity contribution < 1.29 is 13.9 Å². The average molecular weight is 515 g/mol. The van der Waals surface area contributed by atoms with Gasteiger partial charge in [0, 0.05) is 31.2 Å². The van der Waals surface area contributed by atoms with Crippen molar-refractivity contribution in [3.8, 4) is 12.1 Å². The zero-order chi connectivity index (χ0) is 26.5. The Morgan fingerprint density at radius 3 is 2.37 bits per heavy atom. The first kappa shape index (κ1) is 26.2. The molecule has 3 fully saturated rings. The van der Waals surface area contributed by atoms with E-state index in [4.69, 9.17) is 10.00 Å². The highest BCUT2D eigenvalue weighted by molar-refractivity contribution is 5.73. The number of likely N-dealkylation sites (tertiary alicyclic amines) is 1. The van der Waals surface area contributed by atoms with Crippen LogP contribution >= 0.6 is 0 Å². The van der Waals surface area contributed by atoms with Gasteiger partial charge in [-0.25, -0.2) is 4.39 Å². The number of carbonyl (C=O) groups excluding carboxylic acids is 1. The molecule has 38 heavy (non-hydrogen) atoms. The maximum absolute atomic E-state index is 14.3. The summed E-state index contributed by atoms with van der Waals surface area (Å²) in [6.07, 6.45) is 5.38. The zero-order valence-electron chi connectivity index (χ0n) is 21.8. The molecule has 0 radical (unpaired) electrons. The Bertz CT molecular complexity index is 1200. The summed E-state index contributed by atoms with van der Waals surface area (Å²) in [7, 11) is 0. The Morgan fingerprint density at radius 1 is 1.03 bits per heavy atom.